The molecule has 1 heterocycles. The summed E-state index contributed by atoms with van der Waals surface area (Å²) < 4.78 is 2.11. The lowest BCUT2D eigenvalue weighted by Crippen LogP contribution is -2.20. The topological polar surface area (TPSA) is 59.3 Å². The summed E-state index contributed by atoms with van der Waals surface area (Å²) in [6.07, 6.45) is 1.62. The predicted molar refractivity (Wildman–Crippen MR) is 123 cm³/mol. The minimum absolute atomic E-state index is 0.183. The Morgan fingerprint density at radius 1 is 1.03 bits per heavy atom. The number of hydrogen-bond donors (Lipinski definition) is 1. The molecule has 0 spiro atoms. The van der Waals surface area contributed by atoms with Crippen molar-refractivity contribution in [2.45, 2.75) is 11.7 Å². The summed E-state index contributed by atoms with van der Waals surface area (Å²) in [5, 5.41) is 5.51. The summed E-state index contributed by atoms with van der Waals surface area (Å²) in [6.45, 7) is 0.647. The number of halogens is 1. The number of benzene rings is 3. The van der Waals surface area contributed by atoms with Crippen LogP contribution in [-0.4, -0.2) is 27.4 Å². The smallest absolute Gasteiger partial charge is 0.250 e. The van der Waals surface area contributed by atoms with E-state index in [2.05, 4.69) is 15.1 Å². The van der Waals surface area contributed by atoms with Gasteiger partial charge in [0.05, 0.1) is 29.5 Å². The molecule has 1 aromatic heterocycles. The molecule has 0 bridgehead atoms. The SMILES string of the molecule is O=C(CSc1nc2ccccc2n1Cc1ccc(Cl)cc1)NN=Cc1ccccc1. The summed E-state index contributed by atoms with van der Waals surface area (Å²) in [4.78, 5) is 16.9. The molecule has 0 aliphatic carbocycles. The van der Waals surface area contributed by atoms with E-state index in [1.807, 2.05) is 78.9 Å². The molecule has 0 aliphatic heterocycles. The molecule has 1 amide bonds. The zero-order valence-electron chi connectivity index (χ0n) is 16.0. The van der Waals surface area contributed by atoms with Crippen LogP contribution in [0.4, 0.5) is 0 Å². The van der Waals surface area contributed by atoms with Gasteiger partial charge in [-0.3, -0.25) is 4.79 Å². The summed E-state index contributed by atoms with van der Waals surface area (Å²) >= 11 is 7.40. The van der Waals surface area contributed by atoms with E-state index in [0.717, 1.165) is 27.3 Å². The number of thioether (sulfide) groups is 1. The van der Waals surface area contributed by atoms with Crippen LogP contribution in [-0.2, 0) is 11.3 Å². The Bertz CT molecular complexity index is 1170. The minimum atomic E-state index is -0.183. The van der Waals surface area contributed by atoms with Crippen molar-refractivity contribution in [3.8, 4) is 0 Å². The van der Waals surface area contributed by atoms with Gasteiger partial charge in [0.2, 0.25) is 0 Å². The Morgan fingerprint density at radius 3 is 2.57 bits per heavy atom. The van der Waals surface area contributed by atoms with Crippen LogP contribution in [0.25, 0.3) is 11.0 Å². The van der Waals surface area contributed by atoms with E-state index in [-0.39, 0.29) is 11.7 Å². The van der Waals surface area contributed by atoms with Crippen LogP contribution >= 0.6 is 23.4 Å². The normalized spacial score (nSPS) is 11.2. The first-order valence-electron chi connectivity index (χ1n) is 9.38. The van der Waals surface area contributed by atoms with Gasteiger partial charge in [-0.1, -0.05) is 78.0 Å². The molecule has 0 atom stereocenters. The first kappa shape index (κ1) is 20.2. The van der Waals surface area contributed by atoms with Crippen molar-refractivity contribution in [3.63, 3.8) is 0 Å². The van der Waals surface area contributed by atoms with E-state index >= 15 is 0 Å². The van der Waals surface area contributed by atoms with Crippen LogP contribution in [0.15, 0.2) is 89.1 Å². The third-order valence-corrected chi connectivity index (χ3v) is 5.64. The Labute approximate surface area is 183 Å². The molecule has 7 heteroatoms. The predicted octanol–water partition coefficient (Wildman–Crippen LogP) is 4.98. The van der Waals surface area contributed by atoms with E-state index in [1.54, 1.807) is 6.21 Å². The van der Waals surface area contributed by atoms with E-state index in [9.17, 15) is 4.79 Å². The number of nitrogens with one attached hydrogen (secondary N) is 1. The molecule has 0 saturated carbocycles. The lowest BCUT2D eigenvalue weighted by Gasteiger charge is -2.09. The van der Waals surface area contributed by atoms with Crippen LogP contribution < -0.4 is 5.43 Å². The van der Waals surface area contributed by atoms with Gasteiger partial charge >= 0.3 is 0 Å². The average Bonchev–Trinajstić information content (AvgIpc) is 3.12. The van der Waals surface area contributed by atoms with E-state index in [1.165, 1.54) is 11.8 Å². The second-order valence-electron chi connectivity index (χ2n) is 6.59. The number of imidazole rings is 1. The lowest BCUT2D eigenvalue weighted by molar-refractivity contribution is -0.118. The van der Waals surface area contributed by atoms with Crippen molar-refractivity contribution in [2.75, 3.05) is 5.75 Å². The van der Waals surface area contributed by atoms with Gasteiger partial charge in [0.15, 0.2) is 5.16 Å². The second-order valence-corrected chi connectivity index (χ2v) is 7.97. The molecular weight excluding hydrogens is 416 g/mol. The number of hydrogen-bond acceptors (Lipinski definition) is 4. The van der Waals surface area contributed by atoms with Gasteiger partial charge in [-0.2, -0.15) is 5.10 Å². The second kappa shape index (κ2) is 9.61. The van der Waals surface area contributed by atoms with Crippen LogP contribution in [0.2, 0.25) is 5.02 Å². The van der Waals surface area contributed by atoms with Crippen LogP contribution in [0.1, 0.15) is 11.1 Å². The molecule has 1 N–H and O–H groups in total. The monoisotopic (exact) mass is 434 g/mol. The van der Waals surface area contributed by atoms with E-state index in [4.69, 9.17) is 16.6 Å². The molecule has 5 nitrogen and oxygen atoms in total. The summed E-state index contributed by atoms with van der Waals surface area (Å²) in [5.74, 6) is 0.0352. The number of amides is 1. The fourth-order valence-corrected chi connectivity index (χ4v) is 3.90. The molecule has 0 radical (unpaired) electrons. The highest BCUT2D eigenvalue weighted by Gasteiger charge is 2.13. The minimum Gasteiger partial charge on any atom is -0.314 e. The van der Waals surface area contributed by atoms with E-state index in [0.29, 0.717) is 11.6 Å². The average molecular weight is 435 g/mol. The van der Waals surface area contributed by atoms with Crippen molar-refractivity contribution >= 4 is 46.5 Å². The van der Waals surface area contributed by atoms with Crippen molar-refractivity contribution < 1.29 is 4.79 Å². The van der Waals surface area contributed by atoms with Gasteiger partial charge in [0, 0.05) is 5.02 Å². The maximum Gasteiger partial charge on any atom is 0.250 e. The number of carbonyl (C=O) groups excluding carboxylic acids is 1. The summed E-state index contributed by atoms with van der Waals surface area (Å²) in [6, 6.07) is 25.3. The van der Waals surface area contributed by atoms with Gasteiger partial charge < -0.3 is 4.57 Å². The first-order valence-corrected chi connectivity index (χ1v) is 10.7. The maximum atomic E-state index is 12.2. The molecule has 0 unspecified atom stereocenters. The van der Waals surface area contributed by atoms with Crippen LogP contribution in [0, 0.1) is 0 Å². The number of nitrogens with zero attached hydrogens (tertiary/aromatic N) is 3. The van der Waals surface area contributed by atoms with Crippen molar-refractivity contribution in [3.05, 3.63) is 95.0 Å². The van der Waals surface area contributed by atoms with Gasteiger partial charge in [0.25, 0.3) is 5.91 Å². The number of para-hydroxylation sites is 2. The quantitative estimate of drug-likeness (QED) is 0.253. The summed E-state index contributed by atoms with van der Waals surface area (Å²) in [5.41, 5.74) is 6.53. The summed E-state index contributed by atoms with van der Waals surface area (Å²) in [7, 11) is 0. The molecule has 4 aromatic rings. The zero-order chi connectivity index (χ0) is 20.8. The molecule has 0 aliphatic rings. The largest absolute Gasteiger partial charge is 0.314 e. The van der Waals surface area contributed by atoms with Gasteiger partial charge in [-0.15, -0.1) is 0 Å². The highest BCUT2D eigenvalue weighted by atomic mass is 35.5. The number of hydrazone groups is 1. The molecule has 150 valence electrons. The molecule has 30 heavy (non-hydrogen) atoms. The highest BCUT2D eigenvalue weighted by Crippen LogP contribution is 2.25. The number of fused-ring (bicyclic) bond motifs is 1. The highest BCUT2D eigenvalue weighted by molar-refractivity contribution is 7.99. The Kier molecular flexibility index (Phi) is 6.47. The van der Waals surface area contributed by atoms with Crippen molar-refractivity contribution in [2.24, 2.45) is 5.10 Å². The maximum absolute atomic E-state index is 12.2. The van der Waals surface area contributed by atoms with Crippen LogP contribution in [0.5, 0.6) is 0 Å². The Morgan fingerprint density at radius 2 is 1.77 bits per heavy atom. The molecule has 0 fully saturated rings. The van der Waals surface area contributed by atoms with Gasteiger partial charge in [0.1, 0.15) is 0 Å². The molecule has 0 saturated heterocycles. The lowest BCUT2D eigenvalue weighted by atomic mass is 10.2. The van der Waals surface area contributed by atoms with Gasteiger partial charge in [-0.05, 0) is 35.4 Å². The Hall–Kier alpha value is -3.09. The number of rotatable bonds is 7. The van der Waals surface area contributed by atoms with Gasteiger partial charge in [-0.25, -0.2) is 10.4 Å². The van der Waals surface area contributed by atoms with E-state index < -0.39 is 0 Å². The standard InChI is InChI=1S/C23H19ClN4OS/c24-19-12-10-18(11-13-19)15-28-21-9-5-4-8-20(21)26-23(28)30-16-22(29)27-25-14-17-6-2-1-3-7-17/h1-14H,15-16H2,(H,27,29). The first-order chi connectivity index (χ1) is 14.7. The third-order valence-electron chi connectivity index (χ3n) is 4.41. The molecule has 4 rings (SSSR count). The number of carbonyl (C=O) groups is 1. The fraction of sp³-hybridized carbons (Fsp3) is 0.0870. The third kappa shape index (κ3) is 5.09. The van der Waals surface area contributed by atoms with Crippen molar-refractivity contribution in [1.82, 2.24) is 15.0 Å². The molecular formula is C23H19ClN4OS. The van der Waals surface area contributed by atoms with Crippen molar-refractivity contribution in [1.29, 1.82) is 0 Å². The fourth-order valence-electron chi connectivity index (χ4n) is 2.97. The Balaban J connectivity index is 1.46. The molecule has 3 aromatic carbocycles. The van der Waals surface area contributed by atoms with Crippen LogP contribution in [0.3, 0.4) is 0 Å². The number of aromatic nitrogens is 2. The zero-order valence-corrected chi connectivity index (χ0v) is 17.6.